The number of likely N-dealkylation sites (tertiary alicyclic amines) is 1. The van der Waals surface area contributed by atoms with Crippen molar-refractivity contribution < 1.29 is 46.2 Å². The van der Waals surface area contributed by atoms with E-state index >= 15 is 0 Å². The van der Waals surface area contributed by atoms with Crippen molar-refractivity contribution in [2.75, 3.05) is 13.7 Å². The first kappa shape index (κ1) is 24.0. The third-order valence-corrected chi connectivity index (χ3v) is 4.98. The summed E-state index contributed by atoms with van der Waals surface area (Å²) < 4.78 is 66.0. The standard InChI is InChI=1S/C22H19F4NO6/c1-3-32-21(30)17-18(16-14(23)5-4-6-15(16)31-2)27(20(29)19(17)28)11-12-7-9-13(10-8-12)33-22(24,25)26/h4-10,17-18H,3,11H2,1-2H3/t17-,18+/m0/s1. The SMILES string of the molecule is CCOC(=O)[C@@H]1C(=O)C(=O)N(Cc2ccc(OC(F)(F)F)cc2)[C@@H]1c1c(F)cccc1OC. The number of carbonyl (C=O) groups excluding carboxylic acids is 3. The monoisotopic (exact) mass is 469 g/mol. The Morgan fingerprint density at radius 2 is 1.76 bits per heavy atom. The molecule has 2 atom stereocenters. The number of halogens is 4. The predicted octanol–water partition coefficient (Wildman–Crippen LogP) is 3.56. The van der Waals surface area contributed by atoms with Gasteiger partial charge in [-0.25, -0.2) is 4.39 Å². The highest BCUT2D eigenvalue weighted by Gasteiger charge is 2.54. The molecule has 1 aliphatic rings. The summed E-state index contributed by atoms with van der Waals surface area (Å²) in [5.74, 6) is -6.06. The molecule has 33 heavy (non-hydrogen) atoms. The van der Waals surface area contributed by atoms with Crippen molar-refractivity contribution in [3.63, 3.8) is 0 Å². The lowest BCUT2D eigenvalue weighted by atomic mass is 9.91. The van der Waals surface area contributed by atoms with Crippen LogP contribution >= 0.6 is 0 Å². The molecule has 2 aromatic rings. The normalized spacial score (nSPS) is 18.4. The zero-order valence-electron chi connectivity index (χ0n) is 17.5. The second-order valence-electron chi connectivity index (χ2n) is 7.02. The van der Waals surface area contributed by atoms with Gasteiger partial charge in [-0.3, -0.25) is 14.4 Å². The Hall–Kier alpha value is -3.63. The minimum absolute atomic E-state index is 0.00993. The van der Waals surface area contributed by atoms with Crippen LogP contribution < -0.4 is 9.47 Å². The molecule has 0 spiro atoms. The summed E-state index contributed by atoms with van der Waals surface area (Å²) in [6, 6.07) is 7.06. The Balaban J connectivity index is 2.02. The number of rotatable bonds is 7. The minimum Gasteiger partial charge on any atom is -0.496 e. The molecule has 1 heterocycles. The van der Waals surface area contributed by atoms with E-state index in [2.05, 4.69) is 4.74 Å². The fourth-order valence-corrected chi connectivity index (χ4v) is 3.66. The number of esters is 1. The van der Waals surface area contributed by atoms with E-state index in [1.54, 1.807) is 0 Å². The summed E-state index contributed by atoms with van der Waals surface area (Å²) in [7, 11) is 1.26. The third kappa shape index (κ3) is 5.07. The van der Waals surface area contributed by atoms with E-state index in [1.807, 2.05) is 0 Å². The molecule has 0 aliphatic carbocycles. The van der Waals surface area contributed by atoms with E-state index in [1.165, 1.54) is 38.3 Å². The summed E-state index contributed by atoms with van der Waals surface area (Å²) >= 11 is 0. The van der Waals surface area contributed by atoms with Crippen molar-refractivity contribution in [2.24, 2.45) is 5.92 Å². The summed E-state index contributed by atoms with van der Waals surface area (Å²) in [6.07, 6.45) is -4.88. The number of hydrogen-bond donors (Lipinski definition) is 0. The molecule has 176 valence electrons. The average molecular weight is 469 g/mol. The van der Waals surface area contributed by atoms with Gasteiger partial charge >= 0.3 is 12.3 Å². The van der Waals surface area contributed by atoms with Gasteiger partial charge in [0.2, 0.25) is 5.78 Å². The number of benzene rings is 2. The molecule has 11 heteroatoms. The number of ketones is 1. The quantitative estimate of drug-likeness (QED) is 0.267. The second kappa shape index (κ2) is 9.47. The largest absolute Gasteiger partial charge is 0.573 e. The number of hydrogen-bond acceptors (Lipinski definition) is 6. The van der Waals surface area contributed by atoms with Gasteiger partial charge in [0.05, 0.1) is 25.3 Å². The maximum absolute atomic E-state index is 14.9. The Morgan fingerprint density at radius 1 is 1.09 bits per heavy atom. The Morgan fingerprint density at radius 3 is 2.33 bits per heavy atom. The van der Waals surface area contributed by atoms with E-state index in [4.69, 9.17) is 9.47 Å². The number of alkyl halides is 3. The van der Waals surface area contributed by atoms with Crippen molar-refractivity contribution >= 4 is 17.7 Å². The Labute approximate surface area is 185 Å². The third-order valence-electron chi connectivity index (χ3n) is 4.98. The lowest BCUT2D eigenvalue weighted by Gasteiger charge is -2.28. The van der Waals surface area contributed by atoms with Gasteiger partial charge in [-0.2, -0.15) is 0 Å². The lowest BCUT2D eigenvalue weighted by Crippen LogP contribution is -2.32. The van der Waals surface area contributed by atoms with Crippen molar-refractivity contribution in [2.45, 2.75) is 25.9 Å². The molecule has 0 bridgehead atoms. The first-order valence-electron chi connectivity index (χ1n) is 9.76. The molecule has 0 radical (unpaired) electrons. The highest BCUT2D eigenvalue weighted by atomic mass is 19.4. The smallest absolute Gasteiger partial charge is 0.496 e. The fraction of sp³-hybridized carbons (Fsp3) is 0.318. The van der Waals surface area contributed by atoms with Crippen LogP contribution in [-0.4, -0.2) is 42.6 Å². The topological polar surface area (TPSA) is 82.1 Å². The molecular formula is C22H19F4NO6. The average Bonchev–Trinajstić information content (AvgIpc) is 2.98. The number of amides is 1. The van der Waals surface area contributed by atoms with Gasteiger partial charge in [-0.1, -0.05) is 18.2 Å². The van der Waals surface area contributed by atoms with Crippen LogP contribution in [0.3, 0.4) is 0 Å². The van der Waals surface area contributed by atoms with E-state index < -0.39 is 47.5 Å². The molecule has 0 unspecified atom stereocenters. The van der Waals surface area contributed by atoms with Gasteiger partial charge in [0.1, 0.15) is 23.2 Å². The van der Waals surface area contributed by atoms with E-state index in [0.717, 1.165) is 23.1 Å². The number of Topliss-reactive ketones (excluding diaryl/α,β-unsaturated/α-hetero) is 1. The van der Waals surface area contributed by atoms with Crippen LogP contribution in [0, 0.1) is 11.7 Å². The highest BCUT2D eigenvalue weighted by molar-refractivity contribution is 6.42. The van der Waals surface area contributed by atoms with E-state index in [-0.39, 0.29) is 24.5 Å². The molecule has 2 aromatic carbocycles. The highest BCUT2D eigenvalue weighted by Crippen LogP contribution is 2.43. The molecule has 1 amide bonds. The zero-order chi connectivity index (χ0) is 24.3. The summed E-state index contributed by atoms with van der Waals surface area (Å²) in [5, 5.41) is 0. The first-order chi connectivity index (χ1) is 15.6. The molecule has 1 saturated heterocycles. The lowest BCUT2D eigenvalue weighted by molar-refractivity contribution is -0.274. The van der Waals surface area contributed by atoms with Crippen LogP contribution in [0.15, 0.2) is 42.5 Å². The number of methoxy groups -OCH3 is 1. The van der Waals surface area contributed by atoms with Crippen molar-refractivity contribution in [3.8, 4) is 11.5 Å². The fourth-order valence-electron chi connectivity index (χ4n) is 3.66. The molecule has 3 rings (SSSR count). The van der Waals surface area contributed by atoms with E-state index in [0.29, 0.717) is 5.56 Å². The number of nitrogens with zero attached hydrogens (tertiary/aromatic N) is 1. The van der Waals surface area contributed by atoms with E-state index in [9.17, 15) is 31.9 Å². The van der Waals surface area contributed by atoms with Crippen LogP contribution in [0.5, 0.6) is 11.5 Å². The Bertz CT molecular complexity index is 1050. The number of ether oxygens (including phenoxy) is 3. The van der Waals surface area contributed by atoms with Gasteiger partial charge in [0.25, 0.3) is 5.91 Å². The molecule has 1 aliphatic heterocycles. The maximum Gasteiger partial charge on any atom is 0.573 e. The number of carbonyl (C=O) groups is 3. The molecule has 0 aromatic heterocycles. The zero-order valence-corrected chi connectivity index (χ0v) is 17.5. The van der Waals surface area contributed by atoms with Gasteiger partial charge < -0.3 is 19.1 Å². The van der Waals surface area contributed by atoms with Crippen LogP contribution in [0.1, 0.15) is 24.1 Å². The summed E-state index contributed by atoms with van der Waals surface area (Å²) in [5.41, 5.74) is 0.129. The molecular weight excluding hydrogens is 450 g/mol. The van der Waals surface area contributed by atoms with Crippen LogP contribution in [0.25, 0.3) is 0 Å². The summed E-state index contributed by atoms with van der Waals surface area (Å²) in [6.45, 7) is 1.15. The van der Waals surface area contributed by atoms with Gasteiger partial charge in [-0.05, 0) is 36.8 Å². The van der Waals surface area contributed by atoms with Gasteiger partial charge in [0.15, 0.2) is 0 Å². The Kier molecular flexibility index (Phi) is 6.89. The minimum atomic E-state index is -4.88. The summed E-state index contributed by atoms with van der Waals surface area (Å²) in [4.78, 5) is 39.1. The molecule has 0 N–H and O–H groups in total. The maximum atomic E-state index is 14.9. The van der Waals surface area contributed by atoms with Crippen LogP contribution in [0.4, 0.5) is 17.6 Å². The molecule has 0 saturated carbocycles. The van der Waals surface area contributed by atoms with Gasteiger partial charge in [-0.15, -0.1) is 13.2 Å². The molecule has 7 nitrogen and oxygen atoms in total. The van der Waals surface area contributed by atoms with Gasteiger partial charge in [0, 0.05) is 6.54 Å². The van der Waals surface area contributed by atoms with Crippen molar-refractivity contribution in [1.82, 2.24) is 4.90 Å². The van der Waals surface area contributed by atoms with Crippen LogP contribution in [0.2, 0.25) is 0 Å². The predicted molar refractivity (Wildman–Crippen MR) is 104 cm³/mol. The first-order valence-corrected chi connectivity index (χ1v) is 9.76. The molecule has 1 fully saturated rings. The van der Waals surface area contributed by atoms with Crippen LogP contribution in [-0.2, 0) is 25.7 Å². The van der Waals surface area contributed by atoms with Crippen molar-refractivity contribution in [1.29, 1.82) is 0 Å². The van der Waals surface area contributed by atoms with Crippen molar-refractivity contribution in [3.05, 3.63) is 59.4 Å². The second-order valence-corrected chi connectivity index (χ2v) is 7.02.